The Kier molecular flexibility index (Phi) is 3.33. The molecule has 1 heterocycles. The van der Waals surface area contributed by atoms with Crippen LogP contribution < -0.4 is 5.32 Å². The van der Waals surface area contributed by atoms with Crippen LogP contribution in [0.25, 0.3) is 0 Å². The Balaban J connectivity index is 1.89. The van der Waals surface area contributed by atoms with Crippen molar-refractivity contribution in [2.75, 3.05) is 32.8 Å². The van der Waals surface area contributed by atoms with Gasteiger partial charge in [-0.1, -0.05) is 13.8 Å². The van der Waals surface area contributed by atoms with Crippen molar-refractivity contribution in [3.63, 3.8) is 0 Å². The molecule has 0 aromatic heterocycles. The molecule has 2 fully saturated rings. The maximum Gasteiger partial charge on any atom is 0.0655 e. The van der Waals surface area contributed by atoms with Crippen LogP contribution in [0.5, 0.6) is 0 Å². The van der Waals surface area contributed by atoms with Crippen molar-refractivity contribution < 1.29 is 4.74 Å². The number of hydrogen-bond donors (Lipinski definition) is 1. The summed E-state index contributed by atoms with van der Waals surface area (Å²) in [6.07, 6.45) is 1.70. The van der Waals surface area contributed by atoms with Gasteiger partial charge in [0.25, 0.3) is 0 Å². The Morgan fingerprint density at radius 1 is 1.33 bits per heavy atom. The van der Waals surface area contributed by atoms with Gasteiger partial charge < -0.3 is 10.1 Å². The molecular formula is C12H24N2O. The van der Waals surface area contributed by atoms with Gasteiger partial charge in [-0.25, -0.2) is 0 Å². The molecule has 88 valence electrons. The normalized spacial score (nSPS) is 36.2. The van der Waals surface area contributed by atoms with Gasteiger partial charge in [0.15, 0.2) is 0 Å². The van der Waals surface area contributed by atoms with Crippen LogP contribution >= 0.6 is 0 Å². The number of nitrogens with one attached hydrogen (secondary N) is 1. The summed E-state index contributed by atoms with van der Waals surface area (Å²) in [4.78, 5) is 2.63. The van der Waals surface area contributed by atoms with Crippen molar-refractivity contribution in [2.45, 2.75) is 39.3 Å². The number of ether oxygens (including phenoxy) is 1. The lowest BCUT2D eigenvalue weighted by Crippen LogP contribution is -2.64. The predicted molar refractivity (Wildman–Crippen MR) is 62.0 cm³/mol. The lowest BCUT2D eigenvalue weighted by Gasteiger charge is -2.56. The summed E-state index contributed by atoms with van der Waals surface area (Å²) in [5, 5.41) is 3.41. The molecular weight excluding hydrogens is 188 g/mol. The molecule has 1 aliphatic heterocycles. The average Bonchev–Trinajstić information content (AvgIpc) is 2.25. The topological polar surface area (TPSA) is 24.5 Å². The van der Waals surface area contributed by atoms with E-state index in [1.165, 1.54) is 19.5 Å². The molecule has 0 amide bonds. The minimum absolute atomic E-state index is 0.341. The van der Waals surface area contributed by atoms with Crippen LogP contribution in [0.3, 0.4) is 0 Å². The third-order valence-corrected chi connectivity index (χ3v) is 4.09. The smallest absolute Gasteiger partial charge is 0.0655 e. The molecule has 2 unspecified atom stereocenters. The first-order valence-electron chi connectivity index (χ1n) is 6.22. The molecule has 3 heteroatoms. The van der Waals surface area contributed by atoms with E-state index in [2.05, 4.69) is 31.0 Å². The van der Waals surface area contributed by atoms with Crippen LogP contribution in [0, 0.1) is 5.41 Å². The van der Waals surface area contributed by atoms with Gasteiger partial charge in [0.2, 0.25) is 0 Å². The van der Waals surface area contributed by atoms with Crippen LogP contribution in [-0.2, 0) is 4.74 Å². The summed E-state index contributed by atoms with van der Waals surface area (Å²) in [5.74, 6) is 0. The third kappa shape index (κ3) is 2.05. The molecule has 2 atom stereocenters. The second kappa shape index (κ2) is 4.40. The average molecular weight is 212 g/mol. The molecule has 0 spiro atoms. The molecule has 2 aliphatic rings. The molecule has 0 aromatic carbocycles. The highest BCUT2D eigenvalue weighted by molar-refractivity contribution is 5.04. The van der Waals surface area contributed by atoms with Crippen LogP contribution in [0.2, 0.25) is 0 Å². The Morgan fingerprint density at radius 3 is 2.53 bits per heavy atom. The fraction of sp³-hybridized carbons (Fsp3) is 1.00. The minimum atomic E-state index is 0.341. The molecule has 1 N–H and O–H groups in total. The van der Waals surface area contributed by atoms with E-state index >= 15 is 0 Å². The fourth-order valence-electron chi connectivity index (χ4n) is 2.96. The summed E-state index contributed by atoms with van der Waals surface area (Å²) in [6.45, 7) is 12.3. The molecule has 1 saturated carbocycles. The van der Waals surface area contributed by atoms with Gasteiger partial charge in [0.05, 0.1) is 6.10 Å². The molecule has 2 rings (SSSR count). The summed E-state index contributed by atoms with van der Waals surface area (Å²) in [5.41, 5.74) is 0.341. The van der Waals surface area contributed by atoms with Crippen LogP contribution in [-0.4, -0.2) is 49.8 Å². The first-order chi connectivity index (χ1) is 7.16. The van der Waals surface area contributed by atoms with E-state index in [4.69, 9.17) is 4.74 Å². The number of rotatable bonds is 3. The van der Waals surface area contributed by atoms with Gasteiger partial charge in [-0.3, -0.25) is 4.90 Å². The zero-order chi connectivity index (χ0) is 10.9. The van der Waals surface area contributed by atoms with Crippen LogP contribution in [0.1, 0.15) is 27.2 Å². The highest BCUT2D eigenvalue weighted by Crippen LogP contribution is 2.45. The number of nitrogens with zero attached hydrogens (tertiary/aromatic N) is 1. The quantitative estimate of drug-likeness (QED) is 0.758. The SMILES string of the molecule is CCOC1CC(N2CCNCC2)C1(C)C. The van der Waals surface area contributed by atoms with Gasteiger partial charge in [-0.15, -0.1) is 0 Å². The predicted octanol–water partition coefficient (Wildman–Crippen LogP) is 1.10. The molecule has 1 saturated heterocycles. The van der Waals surface area contributed by atoms with Gasteiger partial charge >= 0.3 is 0 Å². The molecule has 0 aromatic rings. The van der Waals surface area contributed by atoms with Crippen molar-refractivity contribution in [2.24, 2.45) is 5.41 Å². The van der Waals surface area contributed by atoms with E-state index in [-0.39, 0.29) is 0 Å². The van der Waals surface area contributed by atoms with Gasteiger partial charge in [0, 0.05) is 44.2 Å². The first kappa shape index (κ1) is 11.4. The summed E-state index contributed by atoms with van der Waals surface area (Å²) in [7, 11) is 0. The molecule has 0 radical (unpaired) electrons. The Hall–Kier alpha value is -0.120. The first-order valence-corrected chi connectivity index (χ1v) is 6.22. The van der Waals surface area contributed by atoms with E-state index in [1.54, 1.807) is 0 Å². The zero-order valence-electron chi connectivity index (χ0n) is 10.3. The van der Waals surface area contributed by atoms with Crippen molar-refractivity contribution in [3.05, 3.63) is 0 Å². The lowest BCUT2D eigenvalue weighted by molar-refractivity contribution is -0.151. The Bertz CT molecular complexity index is 212. The van der Waals surface area contributed by atoms with Gasteiger partial charge in [0.1, 0.15) is 0 Å². The number of piperazine rings is 1. The van der Waals surface area contributed by atoms with Gasteiger partial charge in [-0.2, -0.15) is 0 Å². The monoisotopic (exact) mass is 212 g/mol. The summed E-state index contributed by atoms with van der Waals surface area (Å²) in [6, 6.07) is 0.733. The summed E-state index contributed by atoms with van der Waals surface area (Å²) >= 11 is 0. The van der Waals surface area contributed by atoms with Crippen LogP contribution in [0.15, 0.2) is 0 Å². The van der Waals surface area contributed by atoms with E-state index in [0.29, 0.717) is 11.5 Å². The number of hydrogen-bond acceptors (Lipinski definition) is 3. The Labute approximate surface area is 93.2 Å². The molecule has 1 aliphatic carbocycles. The summed E-state index contributed by atoms with van der Waals surface area (Å²) < 4.78 is 5.77. The van der Waals surface area contributed by atoms with Crippen molar-refractivity contribution in [1.29, 1.82) is 0 Å². The largest absolute Gasteiger partial charge is 0.378 e. The Morgan fingerprint density at radius 2 is 2.00 bits per heavy atom. The van der Waals surface area contributed by atoms with Gasteiger partial charge in [-0.05, 0) is 13.3 Å². The van der Waals surface area contributed by atoms with Crippen molar-refractivity contribution in [1.82, 2.24) is 10.2 Å². The maximum atomic E-state index is 5.77. The highest BCUT2D eigenvalue weighted by Gasteiger charge is 2.51. The standard InChI is InChI=1S/C12H24N2O/c1-4-15-11-9-10(12(11,2)3)14-7-5-13-6-8-14/h10-11,13H,4-9H2,1-3H3. The van der Waals surface area contributed by atoms with Crippen molar-refractivity contribution >= 4 is 0 Å². The molecule has 0 bridgehead atoms. The molecule has 15 heavy (non-hydrogen) atoms. The van der Waals surface area contributed by atoms with E-state index in [1.807, 2.05) is 0 Å². The highest BCUT2D eigenvalue weighted by atomic mass is 16.5. The lowest BCUT2D eigenvalue weighted by atomic mass is 9.63. The third-order valence-electron chi connectivity index (χ3n) is 4.09. The zero-order valence-corrected chi connectivity index (χ0v) is 10.3. The van der Waals surface area contributed by atoms with E-state index in [9.17, 15) is 0 Å². The minimum Gasteiger partial charge on any atom is -0.378 e. The maximum absolute atomic E-state index is 5.77. The van der Waals surface area contributed by atoms with Crippen LogP contribution in [0.4, 0.5) is 0 Å². The van der Waals surface area contributed by atoms with Crippen molar-refractivity contribution in [3.8, 4) is 0 Å². The fourth-order valence-corrected chi connectivity index (χ4v) is 2.96. The second-order valence-electron chi connectivity index (χ2n) is 5.30. The molecule has 3 nitrogen and oxygen atoms in total. The van der Waals surface area contributed by atoms with E-state index in [0.717, 1.165) is 25.7 Å². The van der Waals surface area contributed by atoms with E-state index < -0.39 is 0 Å². The second-order valence-corrected chi connectivity index (χ2v) is 5.30.